The van der Waals surface area contributed by atoms with E-state index in [0.29, 0.717) is 12.4 Å². The molecule has 0 amide bonds. The average molecular weight is 451 g/mol. The third kappa shape index (κ3) is 5.57. The summed E-state index contributed by atoms with van der Waals surface area (Å²) < 4.78 is 36.9. The Hall–Kier alpha value is -2.13. The molecular formula is C23H27FO6S. The molecule has 31 heavy (non-hydrogen) atoms. The maximum atomic E-state index is 15.1. The van der Waals surface area contributed by atoms with E-state index in [1.54, 1.807) is 26.4 Å². The molecule has 2 aromatic rings. The minimum atomic E-state index is -2.14. The van der Waals surface area contributed by atoms with Gasteiger partial charge in [0.15, 0.2) is 12.0 Å². The maximum Gasteiger partial charge on any atom is 0.203 e. The van der Waals surface area contributed by atoms with E-state index in [9.17, 15) is 9.90 Å². The zero-order valence-corrected chi connectivity index (χ0v) is 18.6. The number of carbonyl (C=O) groups is 1. The minimum absolute atomic E-state index is 0.125. The first-order valence-corrected chi connectivity index (χ1v) is 10.8. The minimum Gasteiger partial charge on any atom is -0.497 e. The Morgan fingerprint density at radius 3 is 2.00 bits per heavy atom. The lowest BCUT2D eigenvalue weighted by molar-refractivity contribution is -0.136. The zero-order chi connectivity index (χ0) is 22.4. The van der Waals surface area contributed by atoms with E-state index >= 15 is 4.39 Å². The molecule has 4 atom stereocenters. The van der Waals surface area contributed by atoms with Crippen LogP contribution in [0.4, 0.5) is 4.39 Å². The van der Waals surface area contributed by atoms with Crippen LogP contribution in [-0.4, -0.2) is 54.2 Å². The Balaban J connectivity index is 1.63. The summed E-state index contributed by atoms with van der Waals surface area (Å²) in [6, 6.07) is 14.6. The second-order valence-electron chi connectivity index (χ2n) is 7.30. The lowest BCUT2D eigenvalue weighted by atomic mass is 10.0. The van der Waals surface area contributed by atoms with Crippen LogP contribution in [0.3, 0.4) is 0 Å². The lowest BCUT2D eigenvalue weighted by Crippen LogP contribution is -2.44. The molecule has 0 bridgehead atoms. The lowest BCUT2D eigenvalue weighted by Gasteiger charge is -2.23. The predicted molar refractivity (Wildman–Crippen MR) is 116 cm³/mol. The van der Waals surface area contributed by atoms with Gasteiger partial charge in [-0.3, -0.25) is 4.79 Å². The molecule has 3 rings (SSSR count). The molecule has 0 aliphatic carbocycles. The molecule has 6 nitrogen and oxygen atoms in total. The van der Waals surface area contributed by atoms with Crippen LogP contribution < -0.4 is 9.47 Å². The fourth-order valence-electron chi connectivity index (χ4n) is 3.30. The van der Waals surface area contributed by atoms with Gasteiger partial charge in [-0.1, -0.05) is 24.3 Å². The molecule has 0 aromatic heterocycles. The first-order chi connectivity index (χ1) is 14.9. The molecule has 8 heteroatoms. The Bertz CT molecular complexity index is 859. The van der Waals surface area contributed by atoms with Gasteiger partial charge in [0.1, 0.15) is 17.6 Å². The molecule has 1 saturated heterocycles. The summed E-state index contributed by atoms with van der Waals surface area (Å²) in [4.78, 5) is 9.80. The number of benzene rings is 2. The van der Waals surface area contributed by atoms with Crippen molar-refractivity contribution >= 4 is 17.5 Å². The normalized spacial score (nSPS) is 25.4. The van der Waals surface area contributed by atoms with Crippen molar-refractivity contribution in [1.82, 2.24) is 0 Å². The predicted octanol–water partition coefficient (Wildman–Crippen LogP) is 3.54. The molecular weight excluding hydrogens is 423 g/mol. The summed E-state index contributed by atoms with van der Waals surface area (Å²) in [5.41, 5.74) is 1.76. The van der Waals surface area contributed by atoms with Gasteiger partial charge in [-0.2, -0.15) is 0 Å². The molecule has 168 valence electrons. The van der Waals surface area contributed by atoms with Crippen LogP contribution in [0, 0.1) is 0 Å². The quantitative estimate of drug-likeness (QED) is 0.594. The standard InChI is InChI=1S/C23H27FO6S/c1-15(25)23(26)22(24)21(30-13-17-6-10-19(28-3)11-7-17)20(31-23)14-29-12-16-4-8-18(27-2)9-5-16/h4-11,20-22,26H,12-14H2,1-3H3/t20-,21+,22+,23-/m0/s1. The van der Waals surface area contributed by atoms with Gasteiger partial charge in [0.25, 0.3) is 0 Å². The fraction of sp³-hybridized carbons (Fsp3) is 0.435. The summed E-state index contributed by atoms with van der Waals surface area (Å²) in [6.45, 7) is 1.75. The van der Waals surface area contributed by atoms with E-state index in [0.717, 1.165) is 28.6 Å². The first kappa shape index (κ1) is 23.5. The highest BCUT2D eigenvalue weighted by Crippen LogP contribution is 2.46. The highest BCUT2D eigenvalue weighted by molar-refractivity contribution is 8.02. The van der Waals surface area contributed by atoms with Crippen LogP contribution in [0.5, 0.6) is 11.5 Å². The van der Waals surface area contributed by atoms with E-state index in [1.807, 2.05) is 36.4 Å². The van der Waals surface area contributed by atoms with Crippen molar-refractivity contribution in [3.63, 3.8) is 0 Å². The number of rotatable bonds is 10. The molecule has 1 aliphatic rings. The van der Waals surface area contributed by atoms with Gasteiger partial charge < -0.3 is 24.1 Å². The number of aliphatic hydroxyl groups is 1. The number of ketones is 1. The Morgan fingerprint density at radius 1 is 1.00 bits per heavy atom. The van der Waals surface area contributed by atoms with Crippen molar-refractivity contribution in [1.29, 1.82) is 0 Å². The van der Waals surface area contributed by atoms with Crippen molar-refractivity contribution in [3.05, 3.63) is 59.7 Å². The molecule has 0 unspecified atom stereocenters. The Labute approximate surface area is 185 Å². The van der Waals surface area contributed by atoms with Gasteiger partial charge in [-0.25, -0.2) is 4.39 Å². The summed E-state index contributed by atoms with van der Waals surface area (Å²) in [5, 5.41) is 10.0. The van der Waals surface area contributed by atoms with E-state index in [4.69, 9.17) is 18.9 Å². The van der Waals surface area contributed by atoms with Crippen LogP contribution in [0.2, 0.25) is 0 Å². The highest BCUT2D eigenvalue weighted by Gasteiger charge is 2.58. The summed E-state index contributed by atoms with van der Waals surface area (Å²) in [6.07, 6.45) is -2.85. The smallest absolute Gasteiger partial charge is 0.203 e. The number of Topliss-reactive ketones (excluding diaryl/α,β-unsaturated/α-hetero) is 1. The molecule has 1 heterocycles. The van der Waals surface area contributed by atoms with Gasteiger partial charge in [0, 0.05) is 0 Å². The van der Waals surface area contributed by atoms with Crippen LogP contribution in [0.1, 0.15) is 18.1 Å². The third-order valence-electron chi connectivity index (χ3n) is 5.18. The molecule has 1 N–H and O–H groups in total. The molecule has 0 saturated carbocycles. The Kier molecular flexibility index (Phi) is 7.94. The fourth-order valence-corrected chi connectivity index (χ4v) is 4.71. The third-order valence-corrected chi connectivity index (χ3v) is 6.75. The number of hydrogen-bond donors (Lipinski definition) is 1. The SMILES string of the molecule is COc1ccc(COC[C@@H]2S[C@@](O)(C(C)=O)[C@H](F)[C@@H]2OCc2ccc(OC)cc2)cc1. The van der Waals surface area contributed by atoms with Gasteiger partial charge in [0.2, 0.25) is 4.93 Å². The van der Waals surface area contributed by atoms with Gasteiger partial charge in [-0.15, -0.1) is 11.8 Å². The molecule has 0 spiro atoms. The number of methoxy groups -OCH3 is 2. The van der Waals surface area contributed by atoms with E-state index in [2.05, 4.69) is 0 Å². The zero-order valence-electron chi connectivity index (χ0n) is 17.7. The van der Waals surface area contributed by atoms with Crippen LogP contribution in [-0.2, 0) is 27.5 Å². The van der Waals surface area contributed by atoms with Crippen LogP contribution in [0.15, 0.2) is 48.5 Å². The van der Waals surface area contributed by atoms with E-state index in [1.165, 1.54) is 6.92 Å². The summed E-state index contributed by atoms with van der Waals surface area (Å²) in [7, 11) is 3.17. The number of alkyl halides is 1. The topological polar surface area (TPSA) is 74.2 Å². The number of hydrogen-bond acceptors (Lipinski definition) is 7. The highest BCUT2D eigenvalue weighted by atomic mass is 32.2. The second kappa shape index (κ2) is 10.5. The van der Waals surface area contributed by atoms with E-state index in [-0.39, 0.29) is 13.2 Å². The summed E-state index contributed by atoms with van der Waals surface area (Å²) in [5.74, 6) is 0.814. The Morgan fingerprint density at radius 2 is 1.52 bits per heavy atom. The molecule has 2 aromatic carbocycles. The number of thioether (sulfide) groups is 1. The second-order valence-corrected chi connectivity index (χ2v) is 8.76. The number of carbonyl (C=O) groups excluding carboxylic acids is 1. The number of halogens is 1. The van der Waals surface area contributed by atoms with Crippen molar-refractivity contribution in [2.24, 2.45) is 0 Å². The van der Waals surface area contributed by atoms with E-state index < -0.39 is 28.2 Å². The summed E-state index contributed by atoms with van der Waals surface area (Å²) >= 11 is 0.861. The van der Waals surface area contributed by atoms with Crippen molar-refractivity contribution in [3.8, 4) is 11.5 Å². The maximum absolute atomic E-state index is 15.1. The van der Waals surface area contributed by atoms with Gasteiger partial charge in [-0.05, 0) is 42.3 Å². The van der Waals surface area contributed by atoms with Crippen LogP contribution in [0.25, 0.3) is 0 Å². The van der Waals surface area contributed by atoms with Gasteiger partial charge >= 0.3 is 0 Å². The van der Waals surface area contributed by atoms with Crippen molar-refractivity contribution in [2.75, 3.05) is 20.8 Å². The monoisotopic (exact) mass is 450 g/mol. The van der Waals surface area contributed by atoms with Crippen molar-refractivity contribution < 1.29 is 33.2 Å². The number of ether oxygens (including phenoxy) is 4. The van der Waals surface area contributed by atoms with Crippen LogP contribution >= 0.6 is 11.8 Å². The van der Waals surface area contributed by atoms with Crippen molar-refractivity contribution in [2.45, 2.75) is 42.6 Å². The molecule has 1 aliphatic heterocycles. The first-order valence-electron chi connectivity index (χ1n) is 9.88. The molecule has 0 radical (unpaired) electrons. The van der Waals surface area contributed by atoms with Gasteiger partial charge in [0.05, 0.1) is 39.3 Å². The average Bonchev–Trinajstić information content (AvgIpc) is 3.03. The molecule has 1 fully saturated rings. The largest absolute Gasteiger partial charge is 0.497 e.